The Bertz CT molecular complexity index is 1230. The van der Waals surface area contributed by atoms with E-state index in [9.17, 15) is 4.79 Å². The summed E-state index contributed by atoms with van der Waals surface area (Å²) in [6.45, 7) is 2.68. The maximum atomic E-state index is 12.1. The highest BCUT2D eigenvalue weighted by Crippen LogP contribution is 2.25. The van der Waals surface area contributed by atoms with Gasteiger partial charge in [0.25, 0.3) is 5.91 Å². The first-order valence-corrected chi connectivity index (χ1v) is 10.3. The summed E-state index contributed by atoms with van der Waals surface area (Å²) in [7, 11) is 0. The van der Waals surface area contributed by atoms with E-state index in [-0.39, 0.29) is 12.5 Å². The second kappa shape index (κ2) is 9.49. The highest BCUT2D eigenvalue weighted by atomic mass is 35.5. The summed E-state index contributed by atoms with van der Waals surface area (Å²) in [5.41, 5.74) is 6.94. The van der Waals surface area contributed by atoms with Gasteiger partial charge in [-0.1, -0.05) is 66.2 Å². The number of amides is 1. The molecule has 0 radical (unpaired) electrons. The second-order valence-corrected chi connectivity index (χ2v) is 7.56. The maximum Gasteiger partial charge on any atom is 0.277 e. The number of hydrogen-bond donors (Lipinski definition) is 1. The highest BCUT2D eigenvalue weighted by Gasteiger charge is 2.12. The van der Waals surface area contributed by atoms with Crippen molar-refractivity contribution in [3.05, 3.63) is 101 Å². The molecule has 0 unspecified atom stereocenters. The molecule has 0 spiro atoms. The SMILES string of the molecule is Cc1c(C=NNC(=O)COc2cccc(Cl)c2)c2ccccc2n1Cc1ccccc1. The van der Waals surface area contributed by atoms with E-state index in [1.807, 2.05) is 30.3 Å². The minimum absolute atomic E-state index is 0.146. The summed E-state index contributed by atoms with van der Waals surface area (Å²) in [4.78, 5) is 12.1. The van der Waals surface area contributed by atoms with Crippen LogP contribution >= 0.6 is 11.6 Å². The third-order valence-corrected chi connectivity index (χ3v) is 5.25. The minimum Gasteiger partial charge on any atom is -0.484 e. The molecule has 1 aromatic heterocycles. The van der Waals surface area contributed by atoms with Crippen LogP contribution in [-0.4, -0.2) is 23.3 Å². The Balaban J connectivity index is 1.48. The number of hydrazone groups is 1. The fraction of sp³-hybridized carbons (Fsp3) is 0.120. The molecule has 4 rings (SSSR count). The molecule has 4 aromatic rings. The molecular formula is C25H22ClN3O2. The third-order valence-electron chi connectivity index (χ3n) is 5.01. The number of ether oxygens (including phenoxy) is 1. The number of para-hydroxylation sites is 1. The predicted molar refractivity (Wildman–Crippen MR) is 125 cm³/mol. The molecule has 0 fully saturated rings. The molecule has 0 atom stereocenters. The van der Waals surface area contributed by atoms with Crippen molar-refractivity contribution in [2.75, 3.05) is 6.61 Å². The van der Waals surface area contributed by atoms with Crippen molar-refractivity contribution in [3.8, 4) is 5.75 Å². The summed E-state index contributed by atoms with van der Waals surface area (Å²) in [5.74, 6) is 0.188. The van der Waals surface area contributed by atoms with Crippen LogP contribution in [-0.2, 0) is 11.3 Å². The van der Waals surface area contributed by atoms with Gasteiger partial charge in [-0.3, -0.25) is 4.79 Å². The Morgan fingerprint density at radius 3 is 2.65 bits per heavy atom. The van der Waals surface area contributed by atoms with Gasteiger partial charge in [0.2, 0.25) is 0 Å². The number of hydrogen-bond acceptors (Lipinski definition) is 3. The summed E-state index contributed by atoms with van der Waals surface area (Å²) in [6.07, 6.45) is 1.69. The van der Waals surface area contributed by atoms with Crippen molar-refractivity contribution in [2.24, 2.45) is 5.10 Å². The number of benzene rings is 3. The number of aromatic nitrogens is 1. The zero-order valence-corrected chi connectivity index (χ0v) is 17.8. The molecule has 0 aliphatic heterocycles. The second-order valence-electron chi connectivity index (χ2n) is 7.13. The topological polar surface area (TPSA) is 55.6 Å². The lowest BCUT2D eigenvalue weighted by Gasteiger charge is -2.08. The van der Waals surface area contributed by atoms with E-state index >= 15 is 0 Å². The molecule has 3 aromatic carbocycles. The first-order chi connectivity index (χ1) is 15.1. The molecular weight excluding hydrogens is 410 g/mol. The number of rotatable bonds is 7. The Hall–Kier alpha value is -3.57. The lowest BCUT2D eigenvalue weighted by Crippen LogP contribution is -2.24. The molecule has 0 saturated carbocycles. The van der Waals surface area contributed by atoms with Crippen molar-refractivity contribution in [1.29, 1.82) is 0 Å². The molecule has 156 valence electrons. The molecule has 0 aliphatic rings. The Morgan fingerprint density at radius 1 is 1.06 bits per heavy atom. The molecule has 6 heteroatoms. The number of halogens is 1. The van der Waals surface area contributed by atoms with E-state index < -0.39 is 0 Å². The number of fused-ring (bicyclic) bond motifs is 1. The van der Waals surface area contributed by atoms with Crippen molar-refractivity contribution in [2.45, 2.75) is 13.5 Å². The van der Waals surface area contributed by atoms with Gasteiger partial charge in [0.05, 0.1) is 6.21 Å². The van der Waals surface area contributed by atoms with Gasteiger partial charge in [0.15, 0.2) is 6.61 Å². The summed E-state index contributed by atoms with van der Waals surface area (Å²) in [6, 6.07) is 25.4. The molecule has 0 aliphatic carbocycles. The monoisotopic (exact) mass is 431 g/mol. The van der Waals surface area contributed by atoms with Gasteiger partial charge in [-0.2, -0.15) is 5.10 Å². The highest BCUT2D eigenvalue weighted by molar-refractivity contribution is 6.30. The molecule has 1 N–H and O–H groups in total. The molecule has 0 saturated heterocycles. The van der Waals surface area contributed by atoms with Crippen LogP contribution in [0, 0.1) is 6.92 Å². The van der Waals surface area contributed by atoms with Crippen LogP contribution in [0.25, 0.3) is 10.9 Å². The van der Waals surface area contributed by atoms with Crippen LogP contribution in [0.5, 0.6) is 5.75 Å². The van der Waals surface area contributed by atoms with E-state index in [1.165, 1.54) is 5.56 Å². The van der Waals surface area contributed by atoms with E-state index in [1.54, 1.807) is 30.5 Å². The van der Waals surface area contributed by atoms with E-state index in [0.717, 1.165) is 28.7 Å². The summed E-state index contributed by atoms with van der Waals surface area (Å²) < 4.78 is 7.70. The van der Waals surface area contributed by atoms with E-state index in [0.29, 0.717) is 10.8 Å². The average molecular weight is 432 g/mol. The van der Waals surface area contributed by atoms with Crippen LogP contribution in [0.15, 0.2) is 84.0 Å². The zero-order valence-electron chi connectivity index (χ0n) is 17.1. The van der Waals surface area contributed by atoms with Gasteiger partial charge in [0.1, 0.15) is 5.75 Å². The molecule has 1 heterocycles. The van der Waals surface area contributed by atoms with Gasteiger partial charge in [0, 0.05) is 33.7 Å². The Kier molecular flexibility index (Phi) is 6.34. The van der Waals surface area contributed by atoms with Crippen LogP contribution in [0.1, 0.15) is 16.8 Å². The van der Waals surface area contributed by atoms with Gasteiger partial charge < -0.3 is 9.30 Å². The van der Waals surface area contributed by atoms with Gasteiger partial charge in [-0.15, -0.1) is 0 Å². The smallest absolute Gasteiger partial charge is 0.277 e. The lowest BCUT2D eigenvalue weighted by molar-refractivity contribution is -0.123. The third kappa shape index (κ3) is 4.95. The van der Waals surface area contributed by atoms with E-state index in [4.69, 9.17) is 16.3 Å². The first-order valence-electron chi connectivity index (χ1n) is 9.94. The van der Waals surface area contributed by atoms with Gasteiger partial charge >= 0.3 is 0 Å². The molecule has 1 amide bonds. The minimum atomic E-state index is -0.345. The number of nitrogens with zero attached hydrogens (tertiary/aromatic N) is 2. The van der Waals surface area contributed by atoms with Crippen LogP contribution in [0.4, 0.5) is 0 Å². The van der Waals surface area contributed by atoms with Crippen LogP contribution < -0.4 is 10.2 Å². The largest absolute Gasteiger partial charge is 0.484 e. The number of carbonyl (C=O) groups excluding carboxylic acids is 1. The van der Waals surface area contributed by atoms with Crippen molar-refractivity contribution < 1.29 is 9.53 Å². The average Bonchev–Trinajstić information content (AvgIpc) is 3.04. The summed E-state index contributed by atoms with van der Waals surface area (Å²) in [5, 5.41) is 5.80. The van der Waals surface area contributed by atoms with Crippen molar-refractivity contribution in [3.63, 3.8) is 0 Å². The number of carbonyl (C=O) groups is 1. The fourth-order valence-corrected chi connectivity index (χ4v) is 3.68. The summed E-state index contributed by atoms with van der Waals surface area (Å²) >= 11 is 5.92. The molecule has 5 nitrogen and oxygen atoms in total. The normalized spacial score (nSPS) is 11.2. The zero-order chi connectivity index (χ0) is 21.6. The Labute approximate surface area is 185 Å². The Morgan fingerprint density at radius 2 is 1.84 bits per heavy atom. The lowest BCUT2D eigenvalue weighted by atomic mass is 10.1. The van der Waals surface area contributed by atoms with Crippen LogP contribution in [0.2, 0.25) is 5.02 Å². The first kappa shape index (κ1) is 20.7. The predicted octanol–water partition coefficient (Wildman–Crippen LogP) is 5.18. The van der Waals surface area contributed by atoms with Crippen molar-refractivity contribution >= 4 is 34.6 Å². The quantitative estimate of drug-likeness (QED) is 0.324. The molecule has 0 bridgehead atoms. The fourth-order valence-electron chi connectivity index (χ4n) is 3.50. The van der Waals surface area contributed by atoms with Crippen LogP contribution in [0.3, 0.4) is 0 Å². The van der Waals surface area contributed by atoms with Gasteiger partial charge in [-0.25, -0.2) is 5.43 Å². The molecule has 31 heavy (non-hydrogen) atoms. The van der Waals surface area contributed by atoms with Crippen molar-refractivity contribution in [1.82, 2.24) is 9.99 Å². The maximum absolute atomic E-state index is 12.1. The standard InChI is InChI=1S/C25H22ClN3O2/c1-18-23(15-27-28-25(30)17-31-21-11-7-10-20(26)14-21)22-12-5-6-13-24(22)29(18)16-19-8-3-2-4-9-19/h2-15H,16-17H2,1H3,(H,28,30). The van der Waals surface area contributed by atoms with Gasteiger partial charge in [-0.05, 0) is 36.8 Å². The number of nitrogens with one attached hydrogen (secondary N) is 1. The van der Waals surface area contributed by atoms with E-state index in [2.05, 4.69) is 46.3 Å².